The van der Waals surface area contributed by atoms with E-state index in [-0.39, 0.29) is 24.1 Å². The Morgan fingerprint density at radius 2 is 1.51 bits per heavy atom. The summed E-state index contributed by atoms with van der Waals surface area (Å²) in [6.45, 7) is 6.19. The highest BCUT2D eigenvalue weighted by atomic mass is 32.2. The van der Waals surface area contributed by atoms with E-state index in [9.17, 15) is 19.8 Å². The average Bonchev–Trinajstić information content (AvgIpc) is 3.43. The van der Waals surface area contributed by atoms with Crippen molar-refractivity contribution >= 4 is 41.0 Å². The molecule has 0 aromatic heterocycles. The summed E-state index contributed by atoms with van der Waals surface area (Å²) < 4.78 is 11.8. The van der Waals surface area contributed by atoms with E-state index < -0.39 is 35.0 Å². The second-order valence-electron chi connectivity index (χ2n) is 13.3. The van der Waals surface area contributed by atoms with Gasteiger partial charge in [0.25, 0.3) is 5.17 Å². The van der Waals surface area contributed by atoms with Crippen LogP contribution in [0.4, 0.5) is 0 Å². The van der Waals surface area contributed by atoms with Gasteiger partial charge in [-0.25, -0.2) is 4.79 Å². The first kappa shape index (κ1) is 40.7. The third-order valence-corrected chi connectivity index (χ3v) is 10.8. The lowest BCUT2D eigenvalue weighted by Crippen LogP contribution is -2.57. The van der Waals surface area contributed by atoms with Crippen LogP contribution in [0.5, 0.6) is 0 Å². The summed E-state index contributed by atoms with van der Waals surface area (Å²) >= 11 is 7.84. The fourth-order valence-corrected chi connectivity index (χ4v) is 8.10. The number of rotatable bonds is 23. The maximum atomic E-state index is 14.7. The van der Waals surface area contributed by atoms with E-state index in [0.29, 0.717) is 6.42 Å². The molecule has 1 heterocycles. The predicted molar refractivity (Wildman–Crippen MR) is 204 cm³/mol. The van der Waals surface area contributed by atoms with Crippen LogP contribution in [0.3, 0.4) is 0 Å². The lowest BCUT2D eigenvalue weighted by atomic mass is 9.75. The van der Waals surface area contributed by atoms with E-state index >= 15 is 0 Å². The monoisotopic (exact) mass is 711 g/mol. The molecule has 0 spiro atoms. The summed E-state index contributed by atoms with van der Waals surface area (Å²) in [5.41, 5.74) is -1.91. The van der Waals surface area contributed by atoms with Crippen molar-refractivity contribution in [1.29, 1.82) is 0 Å². The van der Waals surface area contributed by atoms with Gasteiger partial charge in [-0.3, -0.25) is 9.69 Å². The Kier molecular flexibility index (Phi) is 17.3. The van der Waals surface area contributed by atoms with Crippen LogP contribution in [0.2, 0.25) is 0 Å². The van der Waals surface area contributed by atoms with Crippen molar-refractivity contribution in [2.24, 2.45) is 11.8 Å². The van der Waals surface area contributed by atoms with E-state index in [1.165, 1.54) is 62.0 Å². The first-order chi connectivity index (χ1) is 23.6. The number of hydrogen-bond acceptors (Lipinski definition) is 7. The molecule has 0 aliphatic carbocycles. The van der Waals surface area contributed by atoms with Crippen LogP contribution in [0.25, 0.3) is 0 Å². The van der Waals surface area contributed by atoms with Crippen LogP contribution in [0, 0.1) is 11.8 Å². The van der Waals surface area contributed by atoms with Crippen molar-refractivity contribution in [3.8, 4) is 0 Å². The summed E-state index contributed by atoms with van der Waals surface area (Å²) in [7, 11) is 1.44. The number of nitrogens with zero attached hydrogens (tertiary/aromatic N) is 1. The topological polar surface area (TPSA) is 96.3 Å². The molecule has 2 N–H and O–H groups in total. The zero-order valence-electron chi connectivity index (χ0n) is 29.9. The molecule has 1 saturated heterocycles. The molecular weight excluding hydrogens is 655 g/mol. The number of carboxylic acid groups (broad SMARTS) is 1. The average molecular weight is 712 g/mol. The molecular formula is C40H57NO6S2. The summed E-state index contributed by atoms with van der Waals surface area (Å²) in [6.07, 6.45) is 14.6. The minimum atomic E-state index is -2.42. The van der Waals surface area contributed by atoms with Crippen LogP contribution >= 0.6 is 24.0 Å². The van der Waals surface area contributed by atoms with Gasteiger partial charge in [0.2, 0.25) is 5.91 Å². The lowest BCUT2D eigenvalue weighted by molar-refractivity contribution is -0.170. The first-order valence-electron chi connectivity index (χ1n) is 18.0. The van der Waals surface area contributed by atoms with Gasteiger partial charge in [-0.1, -0.05) is 132 Å². The summed E-state index contributed by atoms with van der Waals surface area (Å²) in [6, 6.07) is 18.7. The number of hydrogen-bond donors (Lipinski definition) is 2. The summed E-state index contributed by atoms with van der Waals surface area (Å²) in [4.78, 5) is 28.9. The SMILES string of the molecule is CCCCCCCSCCCCCCC=C[C@H](C(=O)N1C(=S)OC(c2ccccc2)(c2ccccc2)C1C(C)C)[C@@](O)(CCOC)C(=O)O. The maximum Gasteiger partial charge on any atom is 0.336 e. The molecule has 1 aliphatic heterocycles. The number of carboxylic acids is 1. The number of benzene rings is 2. The molecule has 0 bridgehead atoms. The van der Waals surface area contributed by atoms with Crippen LogP contribution in [0.1, 0.15) is 103 Å². The zero-order valence-corrected chi connectivity index (χ0v) is 31.5. The normalized spacial score (nSPS) is 17.7. The molecule has 3 atom stereocenters. The Morgan fingerprint density at radius 3 is 2.02 bits per heavy atom. The van der Waals surface area contributed by atoms with E-state index in [4.69, 9.17) is 21.7 Å². The number of methoxy groups -OCH3 is 1. The highest BCUT2D eigenvalue weighted by Gasteiger charge is 2.60. The molecule has 1 amide bonds. The van der Waals surface area contributed by atoms with Gasteiger partial charge in [0.15, 0.2) is 11.2 Å². The van der Waals surface area contributed by atoms with E-state index in [1.807, 2.05) is 92.3 Å². The van der Waals surface area contributed by atoms with E-state index in [0.717, 1.165) is 30.4 Å². The largest absolute Gasteiger partial charge is 0.479 e. The van der Waals surface area contributed by atoms with Crippen molar-refractivity contribution in [2.75, 3.05) is 25.2 Å². The second-order valence-corrected chi connectivity index (χ2v) is 14.9. The molecule has 1 unspecified atom stereocenters. The van der Waals surface area contributed by atoms with E-state index in [2.05, 4.69) is 6.92 Å². The highest BCUT2D eigenvalue weighted by molar-refractivity contribution is 7.99. The number of aliphatic hydroxyl groups is 1. The van der Waals surface area contributed by atoms with Crippen molar-refractivity contribution in [2.45, 2.75) is 109 Å². The number of allylic oxidation sites excluding steroid dienone is 1. The van der Waals surface area contributed by atoms with Gasteiger partial charge < -0.3 is 19.7 Å². The van der Waals surface area contributed by atoms with Crippen LogP contribution < -0.4 is 0 Å². The molecule has 49 heavy (non-hydrogen) atoms. The molecule has 270 valence electrons. The number of carbonyl (C=O) groups is 2. The molecule has 7 nitrogen and oxygen atoms in total. The maximum absolute atomic E-state index is 14.7. The Hall–Kier alpha value is -2.72. The number of carbonyl (C=O) groups excluding carboxylic acids is 1. The smallest absolute Gasteiger partial charge is 0.336 e. The number of amides is 1. The molecule has 1 fully saturated rings. The van der Waals surface area contributed by atoms with Gasteiger partial charge >= 0.3 is 5.97 Å². The number of thioether (sulfide) groups is 1. The van der Waals surface area contributed by atoms with Gasteiger partial charge in [0.1, 0.15) is 0 Å². The van der Waals surface area contributed by atoms with Crippen molar-refractivity contribution in [3.63, 3.8) is 0 Å². The highest BCUT2D eigenvalue weighted by Crippen LogP contribution is 2.48. The summed E-state index contributed by atoms with van der Waals surface area (Å²) in [5.74, 6) is -1.27. The molecule has 1 aliphatic rings. The lowest BCUT2D eigenvalue weighted by Gasteiger charge is -2.39. The molecule has 0 radical (unpaired) electrons. The van der Waals surface area contributed by atoms with Crippen molar-refractivity contribution in [1.82, 2.24) is 4.90 Å². The van der Waals surface area contributed by atoms with Gasteiger partial charge in [-0.15, -0.1) is 0 Å². The Balaban J connectivity index is 1.82. The third-order valence-electron chi connectivity index (χ3n) is 9.38. The van der Waals surface area contributed by atoms with Crippen LogP contribution in [-0.4, -0.2) is 69.0 Å². The predicted octanol–water partition coefficient (Wildman–Crippen LogP) is 8.78. The van der Waals surface area contributed by atoms with Crippen molar-refractivity contribution in [3.05, 3.63) is 83.9 Å². The number of thiocarbonyl (C=S) groups is 1. The minimum Gasteiger partial charge on any atom is -0.479 e. The number of aliphatic carboxylic acids is 1. The van der Waals surface area contributed by atoms with Gasteiger partial charge in [-0.2, -0.15) is 11.8 Å². The Morgan fingerprint density at radius 1 is 0.959 bits per heavy atom. The first-order valence-corrected chi connectivity index (χ1v) is 19.6. The fourth-order valence-electron chi connectivity index (χ4n) is 6.75. The number of ether oxygens (including phenoxy) is 2. The summed E-state index contributed by atoms with van der Waals surface area (Å²) in [5, 5.41) is 22.0. The van der Waals surface area contributed by atoms with E-state index in [1.54, 1.807) is 6.08 Å². The van der Waals surface area contributed by atoms with Gasteiger partial charge in [0, 0.05) is 31.3 Å². The van der Waals surface area contributed by atoms with Crippen molar-refractivity contribution < 1.29 is 29.3 Å². The molecule has 3 rings (SSSR count). The standard InChI is InChI=1S/C40H57NO6S2/c1-5-6-7-11-20-29-49-30-21-12-9-8-10-19-26-34(39(45,37(43)44)27-28-46-4)36(42)41-35(31(2)3)40(47-38(41)48,32-22-15-13-16-23-32)33-24-17-14-18-25-33/h13-19,22-26,31,34-35,45H,5-12,20-21,27-30H2,1-4H3,(H,43,44)/t34-,35?,39+/m1/s1. The third kappa shape index (κ3) is 10.6. The zero-order chi connectivity index (χ0) is 35.7. The van der Waals surface area contributed by atoms with Gasteiger partial charge in [0.05, 0.1) is 12.0 Å². The quantitative estimate of drug-likeness (QED) is 0.0671. The minimum absolute atomic E-state index is 0.0380. The molecule has 2 aromatic carbocycles. The second kappa shape index (κ2) is 20.8. The number of unbranched alkanes of at least 4 members (excludes halogenated alkanes) is 8. The van der Waals surface area contributed by atoms with Gasteiger partial charge in [-0.05, 0) is 55.3 Å². The molecule has 0 saturated carbocycles. The van der Waals surface area contributed by atoms with Crippen LogP contribution in [0.15, 0.2) is 72.8 Å². The molecule has 9 heteroatoms. The Bertz CT molecular complexity index is 1280. The molecule has 2 aromatic rings. The fraction of sp³-hybridized carbons (Fsp3) is 0.575. The van der Waals surface area contributed by atoms with Crippen LogP contribution in [-0.2, 0) is 24.7 Å². The Labute approximate surface area is 303 Å².